The number of hydrazone groups is 1. The molecule has 146 valence electrons. The van der Waals surface area contributed by atoms with E-state index in [2.05, 4.69) is 10.5 Å². The topological polar surface area (TPSA) is 80.2 Å². The minimum Gasteiger partial charge on any atom is -0.497 e. The van der Waals surface area contributed by atoms with E-state index in [0.717, 1.165) is 22.7 Å². The molecular formula is C21H23N3O4. The fourth-order valence-electron chi connectivity index (χ4n) is 2.97. The SMILES string of the molecule is CCOc1ccc(N2CC(C(=O)N/N=C/c3ccc(OC)cc3)CC2=O)cc1. The van der Waals surface area contributed by atoms with Crippen molar-refractivity contribution in [1.82, 2.24) is 5.43 Å². The maximum atomic E-state index is 12.4. The van der Waals surface area contributed by atoms with Gasteiger partial charge in [0, 0.05) is 18.7 Å². The molecular weight excluding hydrogens is 358 g/mol. The van der Waals surface area contributed by atoms with E-state index in [1.54, 1.807) is 18.2 Å². The molecule has 7 nitrogen and oxygen atoms in total. The van der Waals surface area contributed by atoms with Gasteiger partial charge in [-0.15, -0.1) is 0 Å². The highest BCUT2D eigenvalue weighted by atomic mass is 16.5. The van der Waals surface area contributed by atoms with Crippen LogP contribution in [-0.4, -0.2) is 38.3 Å². The van der Waals surface area contributed by atoms with Crippen molar-refractivity contribution in [2.75, 3.05) is 25.2 Å². The second-order valence-corrected chi connectivity index (χ2v) is 6.34. The zero-order chi connectivity index (χ0) is 19.9. The van der Waals surface area contributed by atoms with Gasteiger partial charge in [0.25, 0.3) is 0 Å². The van der Waals surface area contributed by atoms with E-state index in [1.165, 1.54) is 0 Å². The summed E-state index contributed by atoms with van der Waals surface area (Å²) in [5.41, 5.74) is 4.11. The lowest BCUT2D eigenvalue weighted by Crippen LogP contribution is -2.30. The van der Waals surface area contributed by atoms with E-state index in [-0.39, 0.29) is 18.2 Å². The first-order chi connectivity index (χ1) is 13.6. The van der Waals surface area contributed by atoms with Crippen LogP contribution in [0.3, 0.4) is 0 Å². The number of hydrogen-bond acceptors (Lipinski definition) is 5. The van der Waals surface area contributed by atoms with Crippen LogP contribution in [0.5, 0.6) is 11.5 Å². The van der Waals surface area contributed by atoms with Gasteiger partial charge in [0.15, 0.2) is 0 Å². The third-order valence-corrected chi connectivity index (χ3v) is 4.46. The summed E-state index contributed by atoms with van der Waals surface area (Å²) < 4.78 is 10.5. The van der Waals surface area contributed by atoms with Crippen LogP contribution in [0.4, 0.5) is 5.69 Å². The summed E-state index contributed by atoms with van der Waals surface area (Å²) in [5.74, 6) is 0.710. The highest BCUT2D eigenvalue weighted by Crippen LogP contribution is 2.27. The van der Waals surface area contributed by atoms with E-state index < -0.39 is 5.92 Å². The number of nitrogens with one attached hydrogen (secondary N) is 1. The molecule has 1 unspecified atom stereocenters. The number of carbonyl (C=O) groups excluding carboxylic acids is 2. The highest BCUT2D eigenvalue weighted by Gasteiger charge is 2.35. The van der Waals surface area contributed by atoms with Gasteiger partial charge in [-0.05, 0) is 61.0 Å². The Morgan fingerprint density at radius 3 is 2.50 bits per heavy atom. The summed E-state index contributed by atoms with van der Waals surface area (Å²) in [7, 11) is 1.60. The molecule has 0 bridgehead atoms. The van der Waals surface area contributed by atoms with E-state index in [1.807, 2.05) is 55.5 Å². The third kappa shape index (κ3) is 4.68. The Balaban J connectivity index is 1.56. The van der Waals surface area contributed by atoms with Crippen LogP contribution in [0.25, 0.3) is 0 Å². The fraction of sp³-hybridized carbons (Fsp3) is 0.286. The van der Waals surface area contributed by atoms with E-state index in [4.69, 9.17) is 9.47 Å². The van der Waals surface area contributed by atoms with Crippen LogP contribution >= 0.6 is 0 Å². The number of hydrogen-bond donors (Lipinski definition) is 1. The first-order valence-electron chi connectivity index (χ1n) is 9.11. The number of benzene rings is 2. The maximum Gasteiger partial charge on any atom is 0.245 e. The average molecular weight is 381 g/mol. The van der Waals surface area contributed by atoms with Gasteiger partial charge in [-0.1, -0.05) is 0 Å². The molecule has 0 aromatic heterocycles. The van der Waals surface area contributed by atoms with Crippen molar-refractivity contribution in [3.8, 4) is 11.5 Å². The Bertz CT molecular complexity index is 847. The quantitative estimate of drug-likeness (QED) is 0.591. The van der Waals surface area contributed by atoms with Crippen LogP contribution in [0, 0.1) is 5.92 Å². The molecule has 0 radical (unpaired) electrons. The second kappa shape index (κ2) is 9.03. The summed E-state index contributed by atoms with van der Waals surface area (Å²) >= 11 is 0. The predicted molar refractivity (Wildman–Crippen MR) is 107 cm³/mol. The number of anilines is 1. The van der Waals surface area contributed by atoms with Gasteiger partial charge >= 0.3 is 0 Å². The van der Waals surface area contributed by atoms with E-state index in [0.29, 0.717) is 13.2 Å². The molecule has 1 heterocycles. The number of methoxy groups -OCH3 is 1. The molecule has 2 aromatic rings. The predicted octanol–water partition coefficient (Wildman–Crippen LogP) is 2.60. The molecule has 28 heavy (non-hydrogen) atoms. The van der Waals surface area contributed by atoms with Gasteiger partial charge in [0.1, 0.15) is 11.5 Å². The number of rotatable bonds is 7. The molecule has 7 heteroatoms. The lowest BCUT2D eigenvalue weighted by molar-refractivity contribution is -0.126. The van der Waals surface area contributed by atoms with Crippen molar-refractivity contribution in [1.29, 1.82) is 0 Å². The van der Waals surface area contributed by atoms with Gasteiger partial charge < -0.3 is 14.4 Å². The summed E-state index contributed by atoms with van der Waals surface area (Å²) in [5, 5.41) is 3.98. The summed E-state index contributed by atoms with van der Waals surface area (Å²) in [6.45, 7) is 2.83. The Hall–Kier alpha value is -3.35. The number of nitrogens with zero attached hydrogens (tertiary/aromatic N) is 2. The Morgan fingerprint density at radius 1 is 1.18 bits per heavy atom. The Morgan fingerprint density at radius 2 is 1.86 bits per heavy atom. The van der Waals surface area contributed by atoms with Crippen molar-refractivity contribution >= 4 is 23.7 Å². The van der Waals surface area contributed by atoms with Crippen LogP contribution in [0.1, 0.15) is 18.9 Å². The zero-order valence-electron chi connectivity index (χ0n) is 15.9. The molecule has 1 aliphatic rings. The first kappa shape index (κ1) is 19.4. The minimum absolute atomic E-state index is 0.0801. The van der Waals surface area contributed by atoms with Crippen molar-refractivity contribution in [2.24, 2.45) is 11.0 Å². The van der Waals surface area contributed by atoms with Crippen molar-refractivity contribution < 1.29 is 19.1 Å². The largest absolute Gasteiger partial charge is 0.497 e. The third-order valence-electron chi connectivity index (χ3n) is 4.46. The maximum absolute atomic E-state index is 12.4. The monoisotopic (exact) mass is 381 g/mol. The van der Waals surface area contributed by atoms with Gasteiger partial charge in [0.2, 0.25) is 11.8 Å². The van der Waals surface area contributed by atoms with Crippen molar-refractivity contribution in [2.45, 2.75) is 13.3 Å². The van der Waals surface area contributed by atoms with Crippen LogP contribution < -0.4 is 19.8 Å². The smallest absolute Gasteiger partial charge is 0.245 e. The molecule has 3 rings (SSSR count). The van der Waals surface area contributed by atoms with Crippen molar-refractivity contribution in [3.05, 3.63) is 54.1 Å². The molecule has 1 saturated heterocycles. The standard InChI is InChI=1S/C21H23N3O4/c1-3-28-19-10-6-17(7-11-19)24-14-16(12-20(24)25)21(26)23-22-13-15-4-8-18(27-2)9-5-15/h4-11,13,16H,3,12,14H2,1-2H3,(H,23,26)/b22-13+. The molecule has 2 aromatic carbocycles. The van der Waals surface area contributed by atoms with Gasteiger partial charge in [-0.3, -0.25) is 9.59 Å². The van der Waals surface area contributed by atoms with Crippen LogP contribution in [-0.2, 0) is 9.59 Å². The lowest BCUT2D eigenvalue weighted by atomic mass is 10.1. The fourth-order valence-corrected chi connectivity index (χ4v) is 2.97. The molecule has 2 amide bonds. The number of amides is 2. The summed E-state index contributed by atoms with van der Waals surface area (Å²) in [6.07, 6.45) is 1.72. The Kier molecular flexibility index (Phi) is 6.26. The Labute approximate surface area is 163 Å². The normalized spacial score (nSPS) is 16.4. The molecule has 1 atom stereocenters. The van der Waals surface area contributed by atoms with Gasteiger partial charge in [0.05, 0.1) is 25.8 Å². The molecule has 1 N–H and O–H groups in total. The average Bonchev–Trinajstić information content (AvgIpc) is 3.11. The summed E-state index contributed by atoms with van der Waals surface area (Å²) in [6, 6.07) is 14.6. The molecule has 1 fully saturated rings. The number of ether oxygens (including phenoxy) is 2. The molecule has 0 spiro atoms. The molecule has 0 saturated carbocycles. The molecule has 1 aliphatic heterocycles. The van der Waals surface area contributed by atoms with Crippen LogP contribution in [0.2, 0.25) is 0 Å². The molecule has 0 aliphatic carbocycles. The van der Waals surface area contributed by atoms with Crippen LogP contribution in [0.15, 0.2) is 53.6 Å². The number of carbonyl (C=O) groups is 2. The highest BCUT2D eigenvalue weighted by molar-refractivity contribution is 6.00. The van der Waals surface area contributed by atoms with E-state index >= 15 is 0 Å². The minimum atomic E-state index is -0.438. The zero-order valence-corrected chi connectivity index (χ0v) is 15.9. The second-order valence-electron chi connectivity index (χ2n) is 6.34. The lowest BCUT2D eigenvalue weighted by Gasteiger charge is -2.17. The van der Waals surface area contributed by atoms with E-state index in [9.17, 15) is 9.59 Å². The first-order valence-corrected chi connectivity index (χ1v) is 9.11. The van der Waals surface area contributed by atoms with Gasteiger partial charge in [-0.2, -0.15) is 5.10 Å². The van der Waals surface area contributed by atoms with Crippen molar-refractivity contribution in [3.63, 3.8) is 0 Å². The summed E-state index contributed by atoms with van der Waals surface area (Å²) in [4.78, 5) is 26.3. The van der Waals surface area contributed by atoms with Gasteiger partial charge in [-0.25, -0.2) is 5.43 Å².